The average Bonchev–Trinajstić information content (AvgIpc) is 3.42. The van der Waals surface area contributed by atoms with Crippen molar-refractivity contribution in [2.75, 3.05) is 33.0 Å². The summed E-state index contributed by atoms with van der Waals surface area (Å²) in [6.07, 6.45) is 41.2. The Hall–Kier alpha value is -3.44. The Morgan fingerprint density at radius 1 is 0.482 bits per heavy atom. The van der Waals surface area contributed by atoms with E-state index in [-0.39, 0.29) is 74.0 Å². The van der Waals surface area contributed by atoms with Gasteiger partial charge in [-0.25, -0.2) is 4.79 Å². The number of esters is 2. The summed E-state index contributed by atoms with van der Waals surface area (Å²) in [5.74, 6) is 1.50. The smallest absolute Gasteiger partial charge is 0.410 e. The number of ketones is 2. The van der Waals surface area contributed by atoms with Crippen LogP contribution in [0, 0.1) is 23.7 Å². The maximum absolute atomic E-state index is 13.1. The van der Waals surface area contributed by atoms with Gasteiger partial charge in [-0.2, -0.15) is 0 Å². The van der Waals surface area contributed by atoms with Crippen LogP contribution in [0.4, 0.5) is 4.79 Å². The van der Waals surface area contributed by atoms with Crippen molar-refractivity contribution in [3.63, 3.8) is 0 Å². The van der Waals surface area contributed by atoms with Crippen LogP contribution in [0.3, 0.4) is 0 Å². The van der Waals surface area contributed by atoms with Gasteiger partial charge in [0.1, 0.15) is 18.2 Å². The van der Waals surface area contributed by atoms with Crippen LogP contribution in [0.2, 0.25) is 0 Å². The van der Waals surface area contributed by atoms with E-state index in [0.29, 0.717) is 55.9 Å². The second kappa shape index (κ2) is 71.3. The summed E-state index contributed by atoms with van der Waals surface area (Å²) in [6, 6.07) is -0.114. The highest BCUT2D eigenvalue weighted by molar-refractivity contribution is 5.76. The first-order valence-electron chi connectivity index (χ1n) is 35.6. The average molecular weight is 1210 g/mol. The number of nitrogens with zero attached hydrogens (tertiary/aromatic N) is 1. The van der Waals surface area contributed by atoms with Crippen LogP contribution in [-0.4, -0.2) is 86.1 Å². The molecule has 1 amide bonds. The zero-order chi connectivity index (χ0) is 65.2. The van der Waals surface area contributed by atoms with E-state index in [1.165, 1.54) is 128 Å². The monoisotopic (exact) mass is 1210 g/mol. The molecule has 0 saturated carbocycles. The van der Waals surface area contributed by atoms with E-state index in [9.17, 15) is 28.8 Å². The Bertz CT molecular complexity index is 1450. The molecule has 1 aliphatic heterocycles. The van der Waals surface area contributed by atoms with Gasteiger partial charge in [0, 0.05) is 43.6 Å². The van der Waals surface area contributed by atoms with E-state index in [0.717, 1.165) is 96.3 Å². The number of hydrogen-bond acceptors (Lipinski definition) is 11. The van der Waals surface area contributed by atoms with E-state index in [2.05, 4.69) is 82.7 Å². The molecule has 12 heteroatoms. The number of unbranched alkanes of at least 4 members (excludes halogenated alkanes) is 21. The Balaban J connectivity index is -0.000000437. The molecule has 0 aromatic heterocycles. The first-order chi connectivity index (χ1) is 40.9. The normalized spacial score (nSPS) is 14.4. The predicted molar refractivity (Wildman–Crippen MR) is 360 cm³/mol. The van der Waals surface area contributed by atoms with E-state index in [4.69, 9.17) is 23.7 Å². The molecule has 0 aliphatic carbocycles. The van der Waals surface area contributed by atoms with Crippen molar-refractivity contribution in [1.82, 2.24) is 4.90 Å². The minimum atomic E-state index is -0.380. The summed E-state index contributed by atoms with van der Waals surface area (Å²) in [7, 11) is 0. The van der Waals surface area contributed by atoms with Gasteiger partial charge in [0.05, 0.1) is 44.6 Å². The fourth-order valence-corrected chi connectivity index (χ4v) is 9.65. The fraction of sp³-hybridized carbons (Fsp3) is 0.890. The second-order valence-corrected chi connectivity index (χ2v) is 24.1. The van der Waals surface area contributed by atoms with Crippen molar-refractivity contribution >= 4 is 36.1 Å². The van der Waals surface area contributed by atoms with Crippen molar-refractivity contribution in [2.24, 2.45) is 23.7 Å². The lowest BCUT2D eigenvalue weighted by molar-refractivity contribution is -0.151. The molecular weight excluding hydrogens is 1070 g/mol. The molecule has 6 atom stereocenters. The van der Waals surface area contributed by atoms with Crippen molar-refractivity contribution < 1.29 is 52.5 Å². The number of amides is 1. The van der Waals surface area contributed by atoms with Gasteiger partial charge in [0.25, 0.3) is 6.47 Å². The predicted octanol–water partition coefficient (Wildman–Crippen LogP) is 21.6. The van der Waals surface area contributed by atoms with Gasteiger partial charge in [0.15, 0.2) is 0 Å². The third-order valence-corrected chi connectivity index (χ3v) is 15.1. The van der Waals surface area contributed by atoms with Gasteiger partial charge in [0.2, 0.25) is 0 Å². The molecular formula is C73H143NO11. The lowest BCUT2D eigenvalue weighted by Gasteiger charge is -2.30. The Morgan fingerprint density at radius 3 is 1.35 bits per heavy atom. The number of rotatable bonds is 49. The second-order valence-electron chi connectivity index (χ2n) is 24.1. The Kier molecular flexibility index (Phi) is 75.8. The molecule has 0 aromatic carbocycles. The molecule has 1 fully saturated rings. The highest BCUT2D eigenvalue weighted by atomic mass is 16.6. The molecule has 0 bridgehead atoms. The number of Topliss-reactive ketones (excluding diaryl/α,β-unsaturated/α-hetero) is 2. The van der Waals surface area contributed by atoms with Gasteiger partial charge < -0.3 is 33.3 Å². The standard InChI is InChI=1S/C38H69NO7.C11H20O3.C10H20O.C9H20.C3H8.C2H6/c1-7-11-13-15-17-19-21-32(6)44-28-33(29-45-36(40)22-20-18-16-14-12-8-2)27-37(41)46-30-35-24-23-34(26-31(5)10-4)39(35)38(42)43-25-9-3;1-4-9(2)5-11(6-10(3)13)7-14-8-12;1-3-4-5-6-7-8-9-10(2)11;1-3-5-7-9-8-6-4-2;1-3-2;1-2/h31,33-35H,6-30H2,1-5H3;8-9,11H,4-7H2,1-3H3;3-9H2,1-2H3;3-9H2,1-2H3;3H2,1-2H3;1-2H3. The Labute approximate surface area is 527 Å². The molecule has 0 N–H and O–H groups in total. The quantitative estimate of drug-likeness (QED) is 0.0188. The highest BCUT2D eigenvalue weighted by Crippen LogP contribution is 2.31. The molecule has 0 aromatic rings. The zero-order valence-corrected chi connectivity index (χ0v) is 59.1. The minimum Gasteiger partial charge on any atom is -0.498 e. The van der Waals surface area contributed by atoms with Crippen LogP contribution in [0.1, 0.15) is 355 Å². The third-order valence-electron chi connectivity index (χ3n) is 15.1. The molecule has 6 unspecified atom stereocenters. The summed E-state index contributed by atoms with van der Waals surface area (Å²) in [5, 5.41) is 0. The van der Waals surface area contributed by atoms with Gasteiger partial charge in [-0.1, -0.05) is 264 Å². The largest absolute Gasteiger partial charge is 0.498 e. The number of carbonyl (C=O) groups excluding carboxylic acids is 6. The van der Waals surface area contributed by atoms with Crippen LogP contribution in [0.15, 0.2) is 12.3 Å². The van der Waals surface area contributed by atoms with Crippen LogP contribution in [0.25, 0.3) is 0 Å². The maximum Gasteiger partial charge on any atom is 0.410 e. The molecule has 506 valence electrons. The van der Waals surface area contributed by atoms with Gasteiger partial charge in [-0.3, -0.25) is 19.3 Å². The molecule has 0 radical (unpaired) electrons. The van der Waals surface area contributed by atoms with Gasteiger partial charge in [-0.05, 0) is 77.0 Å². The first-order valence-corrected chi connectivity index (χ1v) is 35.6. The first kappa shape index (κ1) is 90.3. The minimum absolute atomic E-state index is 0.0674. The van der Waals surface area contributed by atoms with E-state index in [1.807, 2.05) is 25.7 Å². The zero-order valence-electron chi connectivity index (χ0n) is 59.1. The van der Waals surface area contributed by atoms with Crippen molar-refractivity contribution in [1.29, 1.82) is 0 Å². The molecule has 0 spiro atoms. The number of allylic oxidation sites excluding steroid dienone is 1. The summed E-state index contributed by atoms with van der Waals surface area (Å²) in [6.45, 7) is 39.0. The third kappa shape index (κ3) is 66.4. The summed E-state index contributed by atoms with van der Waals surface area (Å²) >= 11 is 0. The number of hydrogen-bond donors (Lipinski definition) is 0. The van der Waals surface area contributed by atoms with Crippen molar-refractivity contribution in [3.8, 4) is 0 Å². The van der Waals surface area contributed by atoms with E-state index < -0.39 is 0 Å². The lowest BCUT2D eigenvalue weighted by Crippen LogP contribution is -2.44. The van der Waals surface area contributed by atoms with Crippen molar-refractivity contribution in [2.45, 2.75) is 367 Å². The van der Waals surface area contributed by atoms with Gasteiger partial charge in [-0.15, -0.1) is 0 Å². The topological polar surface area (TPSA) is 152 Å². The van der Waals surface area contributed by atoms with E-state index in [1.54, 1.807) is 13.8 Å². The SMILES string of the molecule is C=C(CCCCCCCC)OCC(COC(=O)CCCCCCCC)CC(=O)OCC1CCC(CC(C)CC)N1C(=O)OCCC.CC.CCC.CCC(C)CC(COC=O)CC(C)=O.CCCCCCCCC.CCCCCCCCC(C)=O. The molecule has 1 saturated heterocycles. The molecule has 1 rings (SSSR count). The van der Waals surface area contributed by atoms with Crippen LogP contribution in [0.5, 0.6) is 0 Å². The van der Waals surface area contributed by atoms with Crippen LogP contribution in [-0.2, 0) is 47.7 Å². The number of carbonyl (C=O) groups is 6. The summed E-state index contributed by atoms with van der Waals surface area (Å²) in [5.41, 5.74) is 0. The van der Waals surface area contributed by atoms with Crippen molar-refractivity contribution in [3.05, 3.63) is 12.3 Å². The molecule has 85 heavy (non-hydrogen) atoms. The highest BCUT2D eigenvalue weighted by Gasteiger charge is 2.39. The molecule has 12 nitrogen and oxygen atoms in total. The Morgan fingerprint density at radius 2 is 0.918 bits per heavy atom. The summed E-state index contributed by atoms with van der Waals surface area (Å²) in [4.78, 5) is 71.9. The fourth-order valence-electron chi connectivity index (χ4n) is 9.65. The molecule has 1 aliphatic rings. The van der Waals surface area contributed by atoms with Gasteiger partial charge >= 0.3 is 18.0 Å². The molecule has 1 heterocycles. The number of likely N-dealkylation sites (tertiary alicyclic amines) is 1. The number of ether oxygens (including phenoxy) is 5. The van der Waals surface area contributed by atoms with Crippen LogP contribution >= 0.6 is 0 Å². The lowest BCUT2D eigenvalue weighted by atomic mass is 9.91. The maximum atomic E-state index is 13.1. The van der Waals surface area contributed by atoms with E-state index >= 15 is 0 Å². The van der Waals surface area contributed by atoms with Crippen LogP contribution < -0.4 is 0 Å². The summed E-state index contributed by atoms with van der Waals surface area (Å²) < 4.78 is 27.5.